The predicted octanol–water partition coefficient (Wildman–Crippen LogP) is 2.07. The fourth-order valence-corrected chi connectivity index (χ4v) is 3.92. The van der Waals surface area contributed by atoms with Crippen LogP contribution in [0.4, 0.5) is 5.69 Å². The number of nitrogens with zero attached hydrogens (tertiary/aromatic N) is 3. The van der Waals surface area contributed by atoms with Gasteiger partial charge in [-0.3, -0.25) is 0 Å². The van der Waals surface area contributed by atoms with Crippen LogP contribution in [0.5, 0.6) is 0 Å². The van der Waals surface area contributed by atoms with Gasteiger partial charge in [-0.1, -0.05) is 17.7 Å². The normalized spacial score (nSPS) is 12.0. The summed E-state index contributed by atoms with van der Waals surface area (Å²) in [5.41, 5.74) is 5.86. The van der Waals surface area contributed by atoms with Gasteiger partial charge in [0.1, 0.15) is 22.8 Å². The maximum Gasteiger partial charge on any atom is 0.189 e. The lowest BCUT2D eigenvalue weighted by atomic mass is 10.3. The molecule has 1 heterocycles. The van der Waals surface area contributed by atoms with Crippen molar-refractivity contribution in [3.8, 4) is 0 Å². The maximum absolute atomic E-state index is 12.5. The molecule has 1 aromatic carbocycles. The first-order valence-corrected chi connectivity index (χ1v) is 8.01. The van der Waals surface area contributed by atoms with E-state index in [1.54, 1.807) is 10.7 Å². The average molecular weight is 315 g/mol. The molecule has 0 saturated carbocycles. The Kier molecular flexibility index (Phi) is 4.01. The number of anilines is 1. The molecule has 0 aliphatic heterocycles. The van der Waals surface area contributed by atoms with Crippen molar-refractivity contribution in [3.63, 3.8) is 0 Å². The molecule has 0 saturated heterocycles. The summed E-state index contributed by atoms with van der Waals surface area (Å²) in [6, 6.07) is 4.63. The molecule has 0 aliphatic rings. The fraction of sp³-hybridized carbons (Fsp3) is 0.333. The molecule has 0 amide bonds. The van der Waals surface area contributed by atoms with Gasteiger partial charge in [0, 0.05) is 6.04 Å². The highest BCUT2D eigenvalue weighted by molar-refractivity contribution is 7.91. The number of nitrogens with two attached hydrogens (primary N) is 1. The van der Waals surface area contributed by atoms with Gasteiger partial charge < -0.3 is 5.73 Å². The standard InChI is InChI=1S/C12H15ClN4O2S/c1-8(2)17-11(15-7-16-17)6-20(18,19)12-9(13)4-3-5-10(12)14/h3-5,7-8H,6,14H2,1-2H3. The van der Waals surface area contributed by atoms with Crippen LogP contribution >= 0.6 is 11.6 Å². The number of hydrogen-bond donors (Lipinski definition) is 1. The highest BCUT2D eigenvalue weighted by Crippen LogP contribution is 2.29. The van der Waals surface area contributed by atoms with E-state index >= 15 is 0 Å². The van der Waals surface area contributed by atoms with E-state index in [-0.39, 0.29) is 27.4 Å². The van der Waals surface area contributed by atoms with Crippen LogP contribution in [0.1, 0.15) is 25.7 Å². The first kappa shape index (κ1) is 14.8. The second-order valence-corrected chi connectivity index (χ2v) is 6.97. The van der Waals surface area contributed by atoms with Crippen molar-refractivity contribution in [2.24, 2.45) is 0 Å². The third-order valence-electron chi connectivity index (χ3n) is 2.76. The lowest BCUT2D eigenvalue weighted by Gasteiger charge is -2.11. The Hall–Kier alpha value is -1.60. The van der Waals surface area contributed by atoms with Crippen molar-refractivity contribution in [3.05, 3.63) is 35.4 Å². The molecule has 0 aliphatic carbocycles. The van der Waals surface area contributed by atoms with Gasteiger partial charge >= 0.3 is 0 Å². The van der Waals surface area contributed by atoms with Crippen LogP contribution in [-0.2, 0) is 15.6 Å². The summed E-state index contributed by atoms with van der Waals surface area (Å²) < 4.78 is 26.5. The molecule has 1 aromatic heterocycles. The topological polar surface area (TPSA) is 90.9 Å². The van der Waals surface area contributed by atoms with Crippen LogP contribution in [0.2, 0.25) is 5.02 Å². The van der Waals surface area contributed by atoms with E-state index in [1.807, 2.05) is 13.8 Å². The van der Waals surface area contributed by atoms with Crippen LogP contribution < -0.4 is 5.73 Å². The molecular formula is C12H15ClN4O2S. The number of benzene rings is 1. The average Bonchev–Trinajstić information content (AvgIpc) is 2.75. The third-order valence-corrected chi connectivity index (χ3v) is 4.91. The molecule has 8 heteroatoms. The predicted molar refractivity (Wildman–Crippen MR) is 77.2 cm³/mol. The van der Waals surface area contributed by atoms with Gasteiger partial charge in [0.05, 0.1) is 10.7 Å². The van der Waals surface area contributed by atoms with Crippen molar-refractivity contribution in [1.82, 2.24) is 14.8 Å². The zero-order chi connectivity index (χ0) is 14.9. The zero-order valence-corrected chi connectivity index (χ0v) is 12.7. The van der Waals surface area contributed by atoms with E-state index in [9.17, 15) is 8.42 Å². The molecule has 0 radical (unpaired) electrons. The second kappa shape index (κ2) is 5.41. The van der Waals surface area contributed by atoms with E-state index in [4.69, 9.17) is 17.3 Å². The monoisotopic (exact) mass is 314 g/mol. The summed E-state index contributed by atoms with van der Waals surface area (Å²) in [7, 11) is -3.68. The molecule has 0 spiro atoms. The summed E-state index contributed by atoms with van der Waals surface area (Å²) in [5, 5.41) is 4.13. The number of aromatic nitrogens is 3. The van der Waals surface area contributed by atoms with Gasteiger partial charge in [-0.05, 0) is 26.0 Å². The third kappa shape index (κ3) is 2.78. The molecule has 6 nitrogen and oxygen atoms in total. The van der Waals surface area contributed by atoms with Crippen LogP contribution in [-0.4, -0.2) is 23.2 Å². The molecule has 0 fully saturated rings. The van der Waals surface area contributed by atoms with Gasteiger partial charge in [-0.2, -0.15) is 5.10 Å². The number of rotatable bonds is 4. The lowest BCUT2D eigenvalue weighted by molar-refractivity contribution is 0.510. The van der Waals surface area contributed by atoms with E-state index in [0.29, 0.717) is 5.82 Å². The molecule has 2 aromatic rings. The van der Waals surface area contributed by atoms with Gasteiger partial charge in [-0.15, -0.1) is 0 Å². The summed E-state index contributed by atoms with van der Waals surface area (Å²) in [6.07, 6.45) is 1.33. The Balaban J connectivity index is 2.44. The largest absolute Gasteiger partial charge is 0.398 e. The van der Waals surface area contributed by atoms with Crippen molar-refractivity contribution >= 4 is 27.1 Å². The summed E-state index contributed by atoms with van der Waals surface area (Å²) >= 11 is 5.95. The summed E-state index contributed by atoms with van der Waals surface area (Å²) in [5.74, 6) is 0.0679. The van der Waals surface area contributed by atoms with E-state index in [0.717, 1.165) is 0 Å². The number of nitrogen functional groups attached to an aromatic ring is 1. The van der Waals surface area contributed by atoms with Gasteiger partial charge in [0.25, 0.3) is 0 Å². The number of hydrogen-bond acceptors (Lipinski definition) is 5. The maximum atomic E-state index is 12.5. The van der Waals surface area contributed by atoms with Gasteiger partial charge in [0.15, 0.2) is 9.84 Å². The Morgan fingerprint density at radius 3 is 2.70 bits per heavy atom. The number of sulfone groups is 1. The Morgan fingerprint density at radius 2 is 2.10 bits per heavy atom. The Bertz CT molecular complexity index is 705. The lowest BCUT2D eigenvalue weighted by Crippen LogP contribution is -2.15. The summed E-state index contributed by atoms with van der Waals surface area (Å²) in [6.45, 7) is 3.79. The molecule has 20 heavy (non-hydrogen) atoms. The molecule has 0 unspecified atom stereocenters. The van der Waals surface area contributed by atoms with Crippen molar-refractivity contribution in [1.29, 1.82) is 0 Å². The Morgan fingerprint density at radius 1 is 1.40 bits per heavy atom. The molecule has 0 atom stereocenters. The molecule has 2 rings (SSSR count). The van der Waals surface area contributed by atoms with E-state index in [1.165, 1.54) is 18.5 Å². The van der Waals surface area contributed by atoms with Gasteiger partial charge in [-0.25, -0.2) is 18.1 Å². The summed E-state index contributed by atoms with van der Waals surface area (Å²) in [4.78, 5) is 3.94. The zero-order valence-electron chi connectivity index (χ0n) is 11.1. The minimum absolute atomic E-state index is 0.0197. The van der Waals surface area contributed by atoms with Crippen LogP contribution in [0.3, 0.4) is 0 Å². The highest BCUT2D eigenvalue weighted by Gasteiger charge is 2.24. The Labute approximate surface area is 122 Å². The SMILES string of the molecule is CC(C)n1ncnc1CS(=O)(=O)c1c(N)cccc1Cl. The molecule has 0 bridgehead atoms. The number of halogens is 1. The minimum atomic E-state index is -3.68. The first-order valence-electron chi connectivity index (χ1n) is 5.98. The minimum Gasteiger partial charge on any atom is -0.398 e. The van der Waals surface area contributed by atoms with Crippen molar-refractivity contribution in [2.75, 3.05) is 5.73 Å². The van der Waals surface area contributed by atoms with Gasteiger partial charge in [0.2, 0.25) is 0 Å². The quantitative estimate of drug-likeness (QED) is 0.872. The van der Waals surface area contributed by atoms with Crippen LogP contribution in [0.25, 0.3) is 0 Å². The van der Waals surface area contributed by atoms with E-state index in [2.05, 4.69) is 10.1 Å². The molecule has 108 valence electrons. The van der Waals surface area contributed by atoms with Crippen LogP contribution in [0, 0.1) is 0 Å². The first-order chi connectivity index (χ1) is 9.33. The van der Waals surface area contributed by atoms with Crippen molar-refractivity contribution < 1.29 is 8.42 Å². The second-order valence-electron chi connectivity index (χ2n) is 4.63. The smallest absolute Gasteiger partial charge is 0.189 e. The molecule has 2 N–H and O–H groups in total. The van der Waals surface area contributed by atoms with Crippen LogP contribution in [0.15, 0.2) is 29.4 Å². The molecular weight excluding hydrogens is 300 g/mol. The van der Waals surface area contributed by atoms with Crippen molar-refractivity contribution in [2.45, 2.75) is 30.5 Å². The highest BCUT2D eigenvalue weighted by atomic mass is 35.5. The van der Waals surface area contributed by atoms with E-state index < -0.39 is 9.84 Å². The fourth-order valence-electron chi connectivity index (χ4n) is 1.90.